The van der Waals surface area contributed by atoms with Crippen molar-refractivity contribution in [2.75, 3.05) is 5.32 Å². The van der Waals surface area contributed by atoms with Crippen molar-refractivity contribution in [1.82, 2.24) is 15.1 Å². The number of carbonyl (C=O) groups excluding carboxylic acids is 1. The van der Waals surface area contributed by atoms with Crippen molar-refractivity contribution in [2.24, 2.45) is 5.73 Å². The first-order chi connectivity index (χ1) is 10.5. The molecule has 0 spiro atoms. The molecule has 0 saturated heterocycles. The Morgan fingerprint density at radius 3 is 2.68 bits per heavy atom. The van der Waals surface area contributed by atoms with Crippen molar-refractivity contribution >= 4 is 17.4 Å². The first-order valence-corrected chi connectivity index (χ1v) is 7.70. The average molecular weight is 303 g/mol. The van der Waals surface area contributed by atoms with Crippen LogP contribution in [0.5, 0.6) is 0 Å². The van der Waals surface area contributed by atoms with Crippen LogP contribution in [0.3, 0.4) is 0 Å². The normalized spacial score (nSPS) is 15.3. The number of carbonyl (C=O) groups is 1. The van der Waals surface area contributed by atoms with Gasteiger partial charge in [0.1, 0.15) is 0 Å². The van der Waals surface area contributed by atoms with Crippen molar-refractivity contribution in [3.8, 4) is 0 Å². The molecule has 0 radical (unpaired) electrons. The van der Waals surface area contributed by atoms with E-state index in [1.165, 1.54) is 39.0 Å². The Hall–Kier alpha value is -2.24. The zero-order chi connectivity index (χ0) is 16.1. The molecule has 1 aromatic rings. The maximum Gasteiger partial charge on any atom is 0.222 e. The Bertz CT molecular complexity index is 569. The second kappa shape index (κ2) is 7.15. The molecule has 1 heterocycles. The molecular formula is C16H25N5O. The molecule has 0 aliphatic heterocycles. The quantitative estimate of drug-likeness (QED) is 0.752. The summed E-state index contributed by atoms with van der Waals surface area (Å²) < 4.78 is 1.71. The number of hydrogen-bond donors (Lipinski definition) is 3. The summed E-state index contributed by atoms with van der Waals surface area (Å²) in [4.78, 5) is 11.1. The van der Waals surface area contributed by atoms with Crippen LogP contribution >= 0.6 is 0 Å². The number of nitrogens with two attached hydrogens (primary N) is 1. The number of nitrogens with zero attached hydrogens (tertiary/aromatic N) is 2. The van der Waals surface area contributed by atoms with Crippen LogP contribution in [0.25, 0.3) is 5.70 Å². The number of anilines is 1. The van der Waals surface area contributed by atoms with Gasteiger partial charge in [0.15, 0.2) is 5.82 Å². The van der Waals surface area contributed by atoms with Crippen LogP contribution in [0.2, 0.25) is 0 Å². The minimum absolute atomic E-state index is 0.169. The van der Waals surface area contributed by atoms with Crippen LogP contribution in [-0.4, -0.2) is 21.7 Å². The maximum atomic E-state index is 11.1. The van der Waals surface area contributed by atoms with Gasteiger partial charge in [0.25, 0.3) is 0 Å². The molecular weight excluding hydrogens is 278 g/mol. The molecule has 120 valence electrons. The fourth-order valence-corrected chi connectivity index (χ4v) is 2.80. The maximum absolute atomic E-state index is 11.1. The number of aromatic nitrogens is 2. The average Bonchev–Trinajstić information content (AvgIpc) is 2.81. The van der Waals surface area contributed by atoms with E-state index in [2.05, 4.69) is 28.9 Å². The zero-order valence-electron chi connectivity index (χ0n) is 13.2. The lowest BCUT2D eigenvalue weighted by Gasteiger charge is -2.25. The molecule has 2 rings (SSSR count). The number of nitrogens with one attached hydrogen (secondary N) is 2. The summed E-state index contributed by atoms with van der Waals surface area (Å²) in [5.74, 6) is 0.303. The van der Waals surface area contributed by atoms with Gasteiger partial charge < -0.3 is 16.4 Å². The summed E-state index contributed by atoms with van der Waals surface area (Å²) in [6, 6.07) is 2.22. The number of amides is 1. The van der Waals surface area contributed by atoms with Gasteiger partial charge in [-0.1, -0.05) is 32.4 Å². The van der Waals surface area contributed by atoms with Crippen molar-refractivity contribution in [1.29, 1.82) is 0 Å². The molecule has 1 aliphatic rings. The van der Waals surface area contributed by atoms with E-state index < -0.39 is 0 Å². The van der Waals surface area contributed by atoms with E-state index in [0.29, 0.717) is 29.8 Å². The SMILES string of the molecule is C=C(Cn1nc(NC(C)=O)cc1C(=C)N)NC1CCCCC1. The lowest BCUT2D eigenvalue weighted by atomic mass is 9.95. The summed E-state index contributed by atoms with van der Waals surface area (Å²) in [5.41, 5.74) is 7.80. The molecule has 1 saturated carbocycles. The van der Waals surface area contributed by atoms with Crippen LogP contribution < -0.4 is 16.4 Å². The minimum Gasteiger partial charge on any atom is -0.397 e. The van der Waals surface area contributed by atoms with Crippen LogP contribution in [0.4, 0.5) is 5.82 Å². The van der Waals surface area contributed by atoms with Crippen molar-refractivity contribution in [3.63, 3.8) is 0 Å². The standard InChI is InChI=1S/C16H25N5O/c1-11(18-14-7-5-4-6-8-14)10-21-15(12(2)17)9-16(20-21)19-13(3)22/h9,14,18H,1-2,4-8,10,17H2,3H3,(H,19,20,22). The molecule has 1 aromatic heterocycles. The molecule has 6 heteroatoms. The summed E-state index contributed by atoms with van der Waals surface area (Å²) in [6.45, 7) is 9.79. The number of hydrogen-bond acceptors (Lipinski definition) is 4. The molecule has 1 amide bonds. The molecule has 0 unspecified atom stereocenters. The largest absolute Gasteiger partial charge is 0.397 e. The molecule has 0 aromatic carbocycles. The minimum atomic E-state index is -0.169. The Balaban J connectivity index is 2.03. The third-order valence-corrected chi connectivity index (χ3v) is 3.77. The highest BCUT2D eigenvalue weighted by molar-refractivity contribution is 5.88. The summed E-state index contributed by atoms with van der Waals surface area (Å²) in [5, 5.41) is 10.5. The molecule has 0 atom stereocenters. The Morgan fingerprint density at radius 1 is 1.41 bits per heavy atom. The molecule has 6 nitrogen and oxygen atoms in total. The van der Waals surface area contributed by atoms with Gasteiger partial charge in [0.05, 0.1) is 12.2 Å². The number of rotatable bonds is 6. The Morgan fingerprint density at radius 2 is 2.09 bits per heavy atom. The van der Waals surface area contributed by atoms with E-state index in [-0.39, 0.29) is 5.91 Å². The lowest BCUT2D eigenvalue weighted by molar-refractivity contribution is -0.114. The highest BCUT2D eigenvalue weighted by atomic mass is 16.1. The highest BCUT2D eigenvalue weighted by Crippen LogP contribution is 2.19. The zero-order valence-corrected chi connectivity index (χ0v) is 13.2. The monoisotopic (exact) mass is 303 g/mol. The van der Waals surface area contributed by atoms with Crippen molar-refractivity contribution < 1.29 is 4.79 Å². The summed E-state index contributed by atoms with van der Waals surface area (Å²) in [7, 11) is 0. The van der Waals surface area contributed by atoms with E-state index in [1.54, 1.807) is 10.7 Å². The fourth-order valence-electron chi connectivity index (χ4n) is 2.80. The molecule has 22 heavy (non-hydrogen) atoms. The van der Waals surface area contributed by atoms with Crippen molar-refractivity contribution in [2.45, 2.75) is 51.6 Å². The van der Waals surface area contributed by atoms with Gasteiger partial charge in [-0.2, -0.15) is 5.10 Å². The smallest absolute Gasteiger partial charge is 0.222 e. The van der Waals surface area contributed by atoms with Gasteiger partial charge >= 0.3 is 0 Å². The molecule has 1 aliphatic carbocycles. The van der Waals surface area contributed by atoms with Crippen LogP contribution in [-0.2, 0) is 11.3 Å². The fraction of sp³-hybridized carbons (Fsp3) is 0.500. The van der Waals surface area contributed by atoms with Gasteiger partial charge in [-0.3, -0.25) is 9.48 Å². The van der Waals surface area contributed by atoms with Gasteiger partial charge in [0.2, 0.25) is 5.91 Å². The van der Waals surface area contributed by atoms with E-state index in [1.807, 2.05) is 0 Å². The first kappa shape index (κ1) is 16.1. The lowest BCUT2D eigenvalue weighted by Crippen LogP contribution is -2.31. The Kier molecular flexibility index (Phi) is 5.25. The third kappa shape index (κ3) is 4.38. The number of allylic oxidation sites excluding steroid dienone is 1. The predicted molar refractivity (Wildman–Crippen MR) is 88.9 cm³/mol. The van der Waals surface area contributed by atoms with Gasteiger partial charge in [-0.25, -0.2) is 0 Å². The second-order valence-electron chi connectivity index (χ2n) is 5.86. The Labute approximate surface area is 131 Å². The third-order valence-electron chi connectivity index (χ3n) is 3.77. The van der Waals surface area contributed by atoms with Crippen LogP contribution in [0.1, 0.15) is 44.7 Å². The van der Waals surface area contributed by atoms with E-state index >= 15 is 0 Å². The first-order valence-electron chi connectivity index (χ1n) is 7.70. The summed E-state index contributed by atoms with van der Waals surface area (Å²) in [6.07, 6.45) is 6.23. The van der Waals surface area contributed by atoms with Crippen molar-refractivity contribution in [3.05, 3.63) is 30.6 Å². The predicted octanol–water partition coefficient (Wildman–Crippen LogP) is 2.21. The summed E-state index contributed by atoms with van der Waals surface area (Å²) >= 11 is 0. The van der Waals surface area contributed by atoms with Crippen LogP contribution in [0.15, 0.2) is 24.9 Å². The van der Waals surface area contributed by atoms with Crippen LogP contribution in [0, 0.1) is 0 Å². The molecule has 0 bridgehead atoms. The van der Waals surface area contributed by atoms with Gasteiger partial charge in [0, 0.05) is 30.4 Å². The highest BCUT2D eigenvalue weighted by Gasteiger charge is 2.15. The van der Waals surface area contributed by atoms with E-state index in [0.717, 1.165) is 5.70 Å². The second-order valence-corrected chi connectivity index (χ2v) is 5.86. The van der Waals surface area contributed by atoms with E-state index in [9.17, 15) is 4.79 Å². The topological polar surface area (TPSA) is 85.0 Å². The molecule has 4 N–H and O–H groups in total. The van der Waals surface area contributed by atoms with Gasteiger partial charge in [-0.15, -0.1) is 0 Å². The van der Waals surface area contributed by atoms with E-state index in [4.69, 9.17) is 5.73 Å². The molecule has 1 fully saturated rings. The van der Waals surface area contributed by atoms with Gasteiger partial charge in [-0.05, 0) is 12.8 Å².